The number of benzene rings is 1. The second kappa shape index (κ2) is 7.73. The first-order valence-corrected chi connectivity index (χ1v) is 7.93. The molecule has 0 saturated carbocycles. The van der Waals surface area contributed by atoms with Crippen molar-refractivity contribution < 1.29 is 9.47 Å². The molecule has 2 aliphatic rings. The minimum atomic E-state index is 0. The quantitative estimate of drug-likeness (QED) is 0.908. The molecule has 1 aromatic carbocycles. The van der Waals surface area contributed by atoms with E-state index in [1.807, 2.05) is 12.1 Å². The SMILES string of the molecule is COc1ccc(CN2CCC3CNCC3C2)c(Cl)c1OC.Cl. The smallest absolute Gasteiger partial charge is 0.179 e. The number of halogens is 2. The van der Waals surface area contributed by atoms with Crippen LogP contribution in [0.2, 0.25) is 5.02 Å². The number of ether oxygens (including phenoxy) is 2. The van der Waals surface area contributed by atoms with Crippen LogP contribution in [0.1, 0.15) is 12.0 Å². The molecule has 0 aromatic heterocycles. The van der Waals surface area contributed by atoms with Crippen LogP contribution in [0.3, 0.4) is 0 Å². The average molecular weight is 347 g/mol. The molecular formula is C16H24Cl2N2O2. The molecule has 2 saturated heterocycles. The van der Waals surface area contributed by atoms with E-state index in [1.165, 1.54) is 13.0 Å². The van der Waals surface area contributed by atoms with Gasteiger partial charge in [0, 0.05) is 13.1 Å². The molecule has 2 unspecified atom stereocenters. The van der Waals surface area contributed by atoms with Gasteiger partial charge in [-0.05, 0) is 49.5 Å². The maximum absolute atomic E-state index is 6.48. The lowest BCUT2D eigenvalue weighted by Crippen LogP contribution is -2.39. The Kier molecular flexibility index (Phi) is 6.21. The predicted molar refractivity (Wildman–Crippen MR) is 91.5 cm³/mol. The highest BCUT2D eigenvalue weighted by Gasteiger charge is 2.32. The lowest BCUT2D eigenvalue weighted by molar-refractivity contribution is 0.142. The Balaban J connectivity index is 0.00000176. The van der Waals surface area contributed by atoms with Crippen molar-refractivity contribution in [3.05, 3.63) is 22.7 Å². The van der Waals surface area contributed by atoms with E-state index < -0.39 is 0 Å². The fourth-order valence-corrected chi connectivity index (χ4v) is 3.84. The minimum absolute atomic E-state index is 0. The Bertz CT molecular complexity index is 513. The zero-order valence-corrected chi connectivity index (χ0v) is 14.7. The number of nitrogens with one attached hydrogen (secondary N) is 1. The molecule has 1 N–H and O–H groups in total. The van der Waals surface area contributed by atoms with Crippen LogP contribution in [0, 0.1) is 11.8 Å². The number of likely N-dealkylation sites (tertiary alicyclic amines) is 1. The summed E-state index contributed by atoms with van der Waals surface area (Å²) in [4.78, 5) is 2.50. The van der Waals surface area contributed by atoms with Gasteiger partial charge in [-0.2, -0.15) is 0 Å². The molecule has 3 rings (SSSR count). The molecule has 2 atom stereocenters. The molecule has 0 radical (unpaired) electrons. The molecule has 2 heterocycles. The monoisotopic (exact) mass is 346 g/mol. The molecule has 0 aliphatic carbocycles. The number of piperidine rings is 1. The third kappa shape index (κ3) is 3.46. The third-order valence-electron chi connectivity index (χ3n) is 4.75. The van der Waals surface area contributed by atoms with Crippen molar-refractivity contribution in [2.75, 3.05) is 40.4 Å². The van der Waals surface area contributed by atoms with Crippen molar-refractivity contribution in [2.45, 2.75) is 13.0 Å². The van der Waals surface area contributed by atoms with Gasteiger partial charge < -0.3 is 14.8 Å². The molecule has 124 valence electrons. The number of hydrogen-bond acceptors (Lipinski definition) is 4. The third-order valence-corrected chi connectivity index (χ3v) is 5.16. The van der Waals surface area contributed by atoms with Crippen LogP contribution in [0.4, 0.5) is 0 Å². The van der Waals surface area contributed by atoms with E-state index in [9.17, 15) is 0 Å². The van der Waals surface area contributed by atoms with Gasteiger partial charge in [0.25, 0.3) is 0 Å². The predicted octanol–water partition coefficient (Wildman–Crippen LogP) is 2.82. The number of methoxy groups -OCH3 is 2. The molecule has 0 amide bonds. The number of rotatable bonds is 4. The van der Waals surface area contributed by atoms with Gasteiger partial charge >= 0.3 is 0 Å². The first-order chi connectivity index (χ1) is 10.2. The zero-order chi connectivity index (χ0) is 14.8. The Morgan fingerprint density at radius 2 is 2.00 bits per heavy atom. The standard InChI is InChI=1S/C16H23ClN2O2.ClH/c1-20-14-4-3-12(15(17)16(14)21-2)9-19-6-5-11-7-18-8-13(11)10-19;/h3-4,11,13,18H,5-10H2,1-2H3;1H. The maximum atomic E-state index is 6.48. The lowest BCUT2D eigenvalue weighted by Gasteiger charge is -2.34. The van der Waals surface area contributed by atoms with Crippen molar-refractivity contribution in [3.63, 3.8) is 0 Å². The van der Waals surface area contributed by atoms with E-state index in [2.05, 4.69) is 10.2 Å². The fourth-order valence-electron chi connectivity index (χ4n) is 3.55. The Labute approximate surface area is 143 Å². The van der Waals surface area contributed by atoms with Crippen molar-refractivity contribution >= 4 is 24.0 Å². The van der Waals surface area contributed by atoms with E-state index in [0.29, 0.717) is 16.5 Å². The van der Waals surface area contributed by atoms with Crippen LogP contribution in [-0.2, 0) is 6.54 Å². The van der Waals surface area contributed by atoms with Gasteiger partial charge in [-0.1, -0.05) is 17.7 Å². The van der Waals surface area contributed by atoms with Crippen molar-refractivity contribution in [2.24, 2.45) is 11.8 Å². The maximum Gasteiger partial charge on any atom is 0.179 e. The Morgan fingerprint density at radius 3 is 2.73 bits per heavy atom. The first kappa shape index (κ1) is 17.7. The van der Waals surface area contributed by atoms with E-state index in [1.54, 1.807) is 14.2 Å². The number of hydrogen-bond donors (Lipinski definition) is 1. The summed E-state index contributed by atoms with van der Waals surface area (Å²) in [5.74, 6) is 2.97. The highest BCUT2D eigenvalue weighted by molar-refractivity contribution is 6.33. The van der Waals surface area contributed by atoms with Crippen LogP contribution in [0.5, 0.6) is 11.5 Å². The summed E-state index contributed by atoms with van der Waals surface area (Å²) in [7, 11) is 3.26. The van der Waals surface area contributed by atoms with E-state index in [0.717, 1.165) is 43.6 Å². The van der Waals surface area contributed by atoms with E-state index in [4.69, 9.17) is 21.1 Å². The second-order valence-corrected chi connectivity index (χ2v) is 6.35. The molecular weight excluding hydrogens is 323 g/mol. The second-order valence-electron chi connectivity index (χ2n) is 5.98. The lowest BCUT2D eigenvalue weighted by atomic mass is 9.88. The van der Waals surface area contributed by atoms with Gasteiger partial charge in [0.05, 0.1) is 19.2 Å². The summed E-state index contributed by atoms with van der Waals surface area (Å²) in [6.45, 7) is 5.52. The fraction of sp³-hybridized carbons (Fsp3) is 0.625. The Hall–Kier alpha value is -0.680. The van der Waals surface area contributed by atoms with E-state index in [-0.39, 0.29) is 12.4 Å². The van der Waals surface area contributed by atoms with Gasteiger partial charge in [0.15, 0.2) is 11.5 Å². The zero-order valence-electron chi connectivity index (χ0n) is 13.1. The summed E-state index contributed by atoms with van der Waals surface area (Å²) in [5, 5.41) is 4.17. The summed E-state index contributed by atoms with van der Waals surface area (Å²) in [6, 6.07) is 3.98. The largest absolute Gasteiger partial charge is 0.493 e. The van der Waals surface area contributed by atoms with Gasteiger partial charge in [-0.15, -0.1) is 12.4 Å². The number of fused-ring (bicyclic) bond motifs is 1. The first-order valence-electron chi connectivity index (χ1n) is 7.55. The summed E-state index contributed by atoms with van der Waals surface area (Å²) >= 11 is 6.48. The Morgan fingerprint density at radius 1 is 1.23 bits per heavy atom. The van der Waals surface area contributed by atoms with Crippen LogP contribution in [0.25, 0.3) is 0 Å². The van der Waals surface area contributed by atoms with Crippen LogP contribution in [-0.4, -0.2) is 45.3 Å². The van der Waals surface area contributed by atoms with Gasteiger partial charge in [0.1, 0.15) is 0 Å². The molecule has 1 aromatic rings. The van der Waals surface area contributed by atoms with Crippen LogP contribution in [0.15, 0.2) is 12.1 Å². The summed E-state index contributed by atoms with van der Waals surface area (Å²) in [5.41, 5.74) is 1.11. The molecule has 2 aliphatic heterocycles. The van der Waals surface area contributed by atoms with Crippen molar-refractivity contribution in [3.8, 4) is 11.5 Å². The topological polar surface area (TPSA) is 33.7 Å². The molecule has 4 nitrogen and oxygen atoms in total. The molecule has 0 spiro atoms. The minimum Gasteiger partial charge on any atom is -0.493 e. The molecule has 0 bridgehead atoms. The van der Waals surface area contributed by atoms with E-state index >= 15 is 0 Å². The van der Waals surface area contributed by atoms with Gasteiger partial charge in [0.2, 0.25) is 0 Å². The van der Waals surface area contributed by atoms with Crippen molar-refractivity contribution in [1.82, 2.24) is 10.2 Å². The van der Waals surface area contributed by atoms with Crippen LogP contribution >= 0.6 is 24.0 Å². The summed E-state index contributed by atoms with van der Waals surface area (Å²) < 4.78 is 10.7. The summed E-state index contributed by atoms with van der Waals surface area (Å²) in [6.07, 6.45) is 1.28. The van der Waals surface area contributed by atoms with Gasteiger partial charge in [-0.3, -0.25) is 4.90 Å². The molecule has 2 fully saturated rings. The molecule has 6 heteroatoms. The number of nitrogens with zero attached hydrogens (tertiary/aromatic N) is 1. The highest BCUT2D eigenvalue weighted by Crippen LogP contribution is 2.38. The highest BCUT2D eigenvalue weighted by atomic mass is 35.5. The average Bonchev–Trinajstić information content (AvgIpc) is 2.96. The van der Waals surface area contributed by atoms with Gasteiger partial charge in [-0.25, -0.2) is 0 Å². The van der Waals surface area contributed by atoms with Crippen molar-refractivity contribution in [1.29, 1.82) is 0 Å². The molecule has 22 heavy (non-hydrogen) atoms. The van der Waals surface area contributed by atoms with Crippen LogP contribution < -0.4 is 14.8 Å². The normalized spacial score (nSPS) is 24.5.